The molecule has 30 heavy (non-hydrogen) atoms. The molecule has 0 radical (unpaired) electrons. The zero-order valence-corrected chi connectivity index (χ0v) is 16.0. The molecule has 2 aromatic carbocycles. The number of amides is 1. The zero-order valence-electron chi connectivity index (χ0n) is 16.0. The smallest absolute Gasteiger partial charge is 0.255 e. The van der Waals surface area contributed by atoms with E-state index in [2.05, 4.69) is 20.6 Å². The molecule has 2 aromatic heterocycles. The Bertz CT molecular complexity index is 1220. The van der Waals surface area contributed by atoms with E-state index in [1.165, 1.54) is 0 Å². The zero-order chi connectivity index (χ0) is 20.9. The summed E-state index contributed by atoms with van der Waals surface area (Å²) in [5.74, 6) is 1.19. The number of aromatic nitrogens is 4. The highest BCUT2D eigenvalue weighted by Crippen LogP contribution is 2.22. The molecule has 0 saturated carbocycles. The van der Waals surface area contributed by atoms with Crippen LogP contribution in [0.3, 0.4) is 0 Å². The van der Waals surface area contributed by atoms with Crippen LogP contribution in [-0.2, 0) is 0 Å². The largest absolute Gasteiger partial charge is 0.438 e. The summed E-state index contributed by atoms with van der Waals surface area (Å²) in [6.07, 6.45) is 1.81. The molecule has 0 aliphatic carbocycles. The van der Waals surface area contributed by atoms with Crippen LogP contribution in [0.4, 0.5) is 5.69 Å². The van der Waals surface area contributed by atoms with Crippen molar-refractivity contribution in [1.29, 1.82) is 5.26 Å². The highest BCUT2D eigenvalue weighted by atomic mass is 16.5. The first kappa shape index (κ1) is 18.8. The third-order valence-corrected chi connectivity index (χ3v) is 4.17. The van der Waals surface area contributed by atoms with Gasteiger partial charge in [0, 0.05) is 23.5 Å². The SMILES string of the molecule is Cc1ccn(-c2ccc(Oc3ccc(NC(=O)c4cccc(C#N)c4)cc3)nn2)n1. The molecule has 0 aliphatic rings. The lowest BCUT2D eigenvalue weighted by Gasteiger charge is -2.08. The van der Waals surface area contributed by atoms with E-state index in [0.717, 1.165) is 5.69 Å². The summed E-state index contributed by atoms with van der Waals surface area (Å²) >= 11 is 0. The number of carbonyl (C=O) groups is 1. The molecule has 146 valence electrons. The molecule has 0 saturated heterocycles. The first-order valence-corrected chi connectivity index (χ1v) is 9.06. The number of nitriles is 1. The standard InChI is InChI=1S/C22H16N6O2/c1-15-11-12-28(27-15)20-9-10-21(26-25-20)30-19-7-5-18(6-8-19)24-22(29)17-4-2-3-16(13-17)14-23/h2-13H,1H3,(H,24,29). The summed E-state index contributed by atoms with van der Waals surface area (Å²) in [5, 5.41) is 24.2. The number of anilines is 1. The van der Waals surface area contributed by atoms with E-state index in [9.17, 15) is 4.79 Å². The van der Waals surface area contributed by atoms with Crippen molar-refractivity contribution in [2.24, 2.45) is 0 Å². The van der Waals surface area contributed by atoms with Gasteiger partial charge in [-0.2, -0.15) is 10.4 Å². The Morgan fingerprint density at radius 3 is 2.57 bits per heavy atom. The van der Waals surface area contributed by atoms with E-state index in [-0.39, 0.29) is 5.91 Å². The molecule has 2 heterocycles. The summed E-state index contributed by atoms with van der Waals surface area (Å²) < 4.78 is 7.33. The number of hydrogen-bond donors (Lipinski definition) is 1. The molecule has 0 atom stereocenters. The second kappa shape index (κ2) is 8.24. The second-order valence-electron chi connectivity index (χ2n) is 6.40. The molecule has 1 amide bonds. The summed E-state index contributed by atoms with van der Waals surface area (Å²) in [7, 11) is 0. The number of nitrogens with zero attached hydrogens (tertiary/aromatic N) is 5. The maximum atomic E-state index is 12.3. The van der Waals surface area contributed by atoms with Gasteiger partial charge in [0.25, 0.3) is 5.91 Å². The normalized spacial score (nSPS) is 10.3. The Morgan fingerprint density at radius 1 is 1.07 bits per heavy atom. The van der Waals surface area contributed by atoms with Crippen LogP contribution in [0.5, 0.6) is 11.6 Å². The lowest BCUT2D eigenvalue weighted by atomic mass is 10.1. The van der Waals surface area contributed by atoms with Gasteiger partial charge in [-0.05, 0) is 61.5 Å². The number of carbonyl (C=O) groups excluding carboxylic acids is 1. The molecule has 4 aromatic rings. The molecule has 0 fully saturated rings. The van der Waals surface area contributed by atoms with Gasteiger partial charge in [-0.25, -0.2) is 4.68 Å². The quantitative estimate of drug-likeness (QED) is 0.549. The van der Waals surface area contributed by atoms with Crippen LogP contribution in [0.1, 0.15) is 21.6 Å². The highest BCUT2D eigenvalue weighted by molar-refractivity contribution is 6.04. The van der Waals surface area contributed by atoms with Crippen molar-refractivity contribution >= 4 is 11.6 Å². The molecule has 0 aliphatic heterocycles. The van der Waals surface area contributed by atoms with Gasteiger partial charge in [-0.15, -0.1) is 10.2 Å². The van der Waals surface area contributed by atoms with Crippen LogP contribution in [0, 0.1) is 18.3 Å². The fourth-order valence-electron chi connectivity index (χ4n) is 2.69. The van der Waals surface area contributed by atoms with Gasteiger partial charge in [0.1, 0.15) is 5.75 Å². The Hall–Kier alpha value is -4.51. The van der Waals surface area contributed by atoms with Crippen molar-refractivity contribution < 1.29 is 9.53 Å². The minimum Gasteiger partial charge on any atom is -0.438 e. The Balaban J connectivity index is 1.40. The maximum absolute atomic E-state index is 12.3. The third-order valence-electron chi connectivity index (χ3n) is 4.17. The van der Waals surface area contributed by atoms with Crippen molar-refractivity contribution in [3.63, 3.8) is 0 Å². The molecule has 0 spiro atoms. The van der Waals surface area contributed by atoms with Crippen LogP contribution in [0.15, 0.2) is 72.9 Å². The average Bonchev–Trinajstić information content (AvgIpc) is 3.22. The van der Waals surface area contributed by atoms with Crippen molar-refractivity contribution in [3.8, 4) is 23.5 Å². The Kier molecular flexibility index (Phi) is 5.17. The lowest BCUT2D eigenvalue weighted by molar-refractivity contribution is 0.102. The van der Waals surface area contributed by atoms with Gasteiger partial charge in [0.2, 0.25) is 5.88 Å². The van der Waals surface area contributed by atoms with Crippen LogP contribution < -0.4 is 10.1 Å². The summed E-state index contributed by atoms with van der Waals surface area (Å²) in [5.41, 5.74) is 2.34. The monoisotopic (exact) mass is 396 g/mol. The number of benzene rings is 2. The minimum atomic E-state index is -0.295. The summed E-state index contributed by atoms with van der Waals surface area (Å²) in [6, 6.07) is 20.7. The van der Waals surface area contributed by atoms with Crippen LogP contribution in [0.2, 0.25) is 0 Å². The van der Waals surface area contributed by atoms with Gasteiger partial charge in [0.15, 0.2) is 5.82 Å². The molecule has 1 N–H and O–H groups in total. The average molecular weight is 396 g/mol. The maximum Gasteiger partial charge on any atom is 0.255 e. The van der Waals surface area contributed by atoms with Gasteiger partial charge in [-0.1, -0.05) is 6.07 Å². The Labute approximate surface area is 172 Å². The number of rotatable bonds is 5. The van der Waals surface area contributed by atoms with E-state index in [0.29, 0.717) is 34.3 Å². The number of ether oxygens (including phenoxy) is 1. The first-order valence-electron chi connectivity index (χ1n) is 9.06. The third kappa shape index (κ3) is 4.31. The van der Waals surface area contributed by atoms with Crippen LogP contribution in [0.25, 0.3) is 5.82 Å². The van der Waals surface area contributed by atoms with Crippen molar-refractivity contribution in [1.82, 2.24) is 20.0 Å². The van der Waals surface area contributed by atoms with E-state index in [1.54, 1.807) is 65.3 Å². The fraction of sp³-hybridized carbons (Fsp3) is 0.0455. The van der Waals surface area contributed by atoms with E-state index in [1.807, 2.05) is 25.3 Å². The Morgan fingerprint density at radius 2 is 1.90 bits per heavy atom. The molecule has 4 rings (SSSR count). The molecular weight excluding hydrogens is 380 g/mol. The first-order chi connectivity index (χ1) is 14.6. The van der Waals surface area contributed by atoms with Crippen molar-refractivity contribution in [2.75, 3.05) is 5.32 Å². The van der Waals surface area contributed by atoms with Gasteiger partial charge in [0.05, 0.1) is 17.3 Å². The summed E-state index contributed by atoms with van der Waals surface area (Å²) in [6.45, 7) is 1.90. The highest BCUT2D eigenvalue weighted by Gasteiger charge is 2.08. The molecular formula is C22H16N6O2. The van der Waals surface area contributed by atoms with Crippen LogP contribution >= 0.6 is 0 Å². The number of hydrogen-bond acceptors (Lipinski definition) is 6. The van der Waals surface area contributed by atoms with Crippen molar-refractivity contribution in [3.05, 3.63) is 89.7 Å². The predicted molar refractivity (Wildman–Crippen MR) is 110 cm³/mol. The van der Waals surface area contributed by atoms with Gasteiger partial charge < -0.3 is 10.1 Å². The molecule has 8 heteroatoms. The second-order valence-corrected chi connectivity index (χ2v) is 6.40. The van der Waals surface area contributed by atoms with E-state index in [4.69, 9.17) is 10.00 Å². The molecule has 8 nitrogen and oxygen atoms in total. The van der Waals surface area contributed by atoms with Crippen molar-refractivity contribution in [2.45, 2.75) is 6.92 Å². The predicted octanol–water partition coefficient (Wildman–Crippen LogP) is 3.89. The van der Waals surface area contributed by atoms with Gasteiger partial charge >= 0.3 is 0 Å². The molecule has 0 unspecified atom stereocenters. The summed E-state index contributed by atoms with van der Waals surface area (Å²) in [4.78, 5) is 12.3. The fourth-order valence-corrected chi connectivity index (χ4v) is 2.69. The lowest BCUT2D eigenvalue weighted by Crippen LogP contribution is -2.11. The van der Waals surface area contributed by atoms with Gasteiger partial charge in [-0.3, -0.25) is 4.79 Å². The van der Waals surface area contributed by atoms with Crippen LogP contribution in [-0.4, -0.2) is 25.9 Å². The van der Waals surface area contributed by atoms with E-state index < -0.39 is 0 Å². The number of nitrogens with one attached hydrogen (secondary N) is 1. The minimum absolute atomic E-state index is 0.295. The topological polar surface area (TPSA) is 106 Å². The van der Waals surface area contributed by atoms with E-state index >= 15 is 0 Å². The number of aryl methyl sites for hydroxylation is 1. The molecule has 0 bridgehead atoms.